The summed E-state index contributed by atoms with van der Waals surface area (Å²) in [6, 6.07) is 10.1. The maximum Gasteiger partial charge on any atom is 0.132 e. The molecule has 0 radical (unpaired) electrons. The minimum Gasteiger partial charge on any atom is -0.484 e. The Kier molecular flexibility index (Phi) is 2.63. The van der Waals surface area contributed by atoms with Crippen LogP contribution in [0.15, 0.2) is 30.3 Å². The Morgan fingerprint density at radius 3 is 2.64 bits per heavy atom. The molecular formula is C18H19NO3. The van der Waals surface area contributed by atoms with Crippen LogP contribution in [0.25, 0.3) is 21.8 Å². The van der Waals surface area contributed by atoms with Gasteiger partial charge in [-0.05, 0) is 38.5 Å². The normalized spacial score (nSPS) is 23.5. The van der Waals surface area contributed by atoms with E-state index in [1.54, 1.807) is 13.8 Å². The highest BCUT2D eigenvalue weighted by Gasteiger charge is 2.44. The van der Waals surface area contributed by atoms with Gasteiger partial charge in [0.25, 0.3) is 0 Å². The van der Waals surface area contributed by atoms with Crippen molar-refractivity contribution in [3.63, 3.8) is 0 Å². The lowest BCUT2D eigenvalue weighted by Crippen LogP contribution is -2.49. The Hall–Kier alpha value is -2.04. The fraction of sp³-hybridized carbons (Fsp3) is 0.333. The predicted octanol–water partition coefficient (Wildman–Crippen LogP) is 3.19. The smallest absolute Gasteiger partial charge is 0.132 e. The number of H-pyrrole nitrogens is 1. The van der Waals surface area contributed by atoms with Gasteiger partial charge in [-0.1, -0.05) is 18.2 Å². The molecule has 0 aliphatic carbocycles. The number of para-hydroxylation sites is 1. The Labute approximate surface area is 128 Å². The van der Waals surface area contributed by atoms with Gasteiger partial charge in [0.15, 0.2) is 0 Å². The first kappa shape index (κ1) is 13.6. The number of benzene rings is 2. The van der Waals surface area contributed by atoms with Gasteiger partial charge in [0.2, 0.25) is 0 Å². The molecule has 2 atom stereocenters. The molecule has 0 saturated heterocycles. The van der Waals surface area contributed by atoms with Crippen molar-refractivity contribution >= 4 is 21.8 Å². The highest BCUT2D eigenvalue weighted by atomic mass is 16.5. The van der Waals surface area contributed by atoms with Gasteiger partial charge < -0.3 is 19.9 Å². The molecule has 0 saturated carbocycles. The molecule has 3 N–H and O–H groups in total. The van der Waals surface area contributed by atoms with Crippen molar-refractivity contribution in [1.82, 2.24) is 4.98 Å². The van der Waals surface area contributed by atoms with E-state index >= 15 is 0 Å². The van der Waals surface area contributed by atoms with Gasteiger partial charge in [0.05, 0.1) is 5.52 Å². The van der Waals surface area contributed by atoms with E-state index in [9.17, 15) is 10.2 Å². The third-order valence-corrected chi connectivity index (χ3v) is 4.65. The highest BCUT2D eigenvalue weighted by molar-refractivity contribution is 6.09. The van der Waals surface area contributed by atoms with E-state index < -0.39 is 17.8 Å². The topological polar surface area (TPSA) is 65.5 Å². The van der Waals surface area contributed by atoms with Gasteiger partial charge in [-0.2, -0.15) is 0 Å². The molecule has 4 heteroatoms. The number of aromatic amines is 1. The van der Waals surface area contributed by atoms with E-state index in [1.165, 1.54) is 0 Å². The molecule has 1 aromatic heterocycles. The number of aliphatic hydroxyl groups excluding tert-OH is 2. The number of hydrogen-bond acceptors (Lipinski definition) is 3. The second kappa shape index (κ2) is 4.24. The van der Waals surface area contributed by atoms with Gasteiger partial charge in [-0.3, -0.25) is 0 Å². The van der Waals surface area contributed by atoms with Crippen molar-refractivity contribution in [2.75, 3.05) is 0 Å². The molecular weight excluding hydrogens is 278 g/mol. The van der Waals surface area contributed by atoms with E-state index in [1.807, 2.05) is 25.1 Å². The summed E-state index contributed by atoms with van der Waals surface area (Å²) in [5.74, 6) is 0.668. The molecule has 0 amide bonds. The first-order chi connectivity index (χ1) is 10.4. The summed E-state index contributed by atoms with van der Waals surface area (Å²) in [5.41, 5.74) is 2.64. The molecule has 2 heterocycles. The number of nitrogens with one attached hydrogen (secondary N) is 1. The number of aliphatic hydroxyl groups is 2. The third kappa shape index (κ3) is 1.65. The van der Waals surface area contributed by atoms with Crippen LogP contribution in [0, 0.1) is 6.92 Å². The minimum atomic E-state index is -0.978. The monoisotopic (exact) mass is 297 g/mol. The lowest BCUT2D eigenvalue weighted by molar-refractivity contribution is -0.111. The Bertz CT molecular complexity index is 894. The maximum atomic E-state index is 10.7. The van der Waals surface area contributed by atoms with Crippen LogP contribution in [0.3, 0.4) is 0 Å². The summed E-state index contributed by atoms with van der Waals surface area (Å²) in [6.07, 6.45) is -1.95. The average molecular weight is 297 g/mol. The van der Waals surface area contributed by atoms with Crippen LogP contribution in [0.4, 0.5) is 0 Å². The molecule has 4 nitrogen and oxygen atoms in total. The molecule has 1 aliphatic heterocycles. The summed E-state index contributed by atoms with van der Waals surface area (Å²) in [7, 11) is 0. The van der Waals surface area contributed by atoms with Crippen molar-refractivity contribution in [2.45, 2.75) is 38.6 Å². The van der Waals surface area contributed by atoms with Gasteiger partial charge in [-0.25, -0.2) is 0 Å². The van der Waals surface area contributed by atoms with Crippen LogP contribution in [-0.4, -0.2) is 26.9 Å². The summed E-state index contributed by atoms with van der Waals surface area (Å²) in [5, 5.41) is 23.2. The van der Waals surface area contributed by atoms with Gasteiger partial charge in [0.1, 0.15) is 23.6 Å². The third-order valence-electron chi connectivity index (χ3n) is 4.65. The molecule has 2 aromatic carbocycles. The van der Waals surface area contributed by atoms with Crippen molar-refractivity contribution in [2.24, 2.45) is 0 Å². The molecule has 0 bridgehead atoms. The molecule has 0 spiro atoms. The van der Waals surface area contributed by atoms with E-state index in [2.05, 4.69) is 17.1 Å². The van der Waals surface area contributed by atoms with E-state index in [0.717, 1.165) is 27.4 Å². The molecule has 3 aromatic rings. The Balaban J connectivity index is 2.12. The van der Waals surface area contributed by atoms with Crippen LogP contribution >= 0.6 is 0 Å². The lowest BCUT2D eigenvalue weighted by atomic mass is 9.86. The second-order valence-electron chi connectivity index (χ2n) is 6.62. The molecule has 1 aliphatic rings. The Morgan fingerprint density at radius 2 is 1.86 bits per heavy atom. The van der Waals surface area contributed by atoms with Gasteiger partial charge in [0, 0.05) is 21.9 Å². The van der Waals surface area contributed by atoms with Crippen LogP contribution in [0.1, 0.15) is 31.1 Å². The summed E-state index contributed by atoms with van der Waals surface area (Å²) < 4.78 is 6.01. The standard InChI is InChI=1S/C18H19NO3/c1-9-8-11-10-6-4-5-7-12(10)19-14(11)13-15(20)17(21)18(2,3)22-16(9)13/h4-8,15,17,19-21H,1-3H3/t15-,17-/m1/s1. The van der Waals surface area contributed by atoms with Crippen LogP contribution in [0.2, 0.25) is 0 Å². The van der Waals surface area contributed by atoms with Crippen molar-refractivity contribution in [1.29, 1.82) is 0 Å². The molecule has 0 fully saturated rings. The number of fused-ring (bicyclic) bond motifs is 5. The quantitative estimate of drug-likeness (QED) is 0.597. The summed E-state index contributed by atoms with van der Waals surface area (Å²) >= 11 is 0. The number of ether oxygens (including phenoxy) is 1. The number of hydrogen-bond donors (Lipinski definition) is 3. The zero-order valence-electron chi connectivity index (χ0n) is 12.8. The Morgan fingerprint density at radius 1 is 1.14 bits per heavy atom. The van der Waals surface area contributed by atoms with E-state index in [0.29, 0.717) is 11.3 Å². The summed E-state index contributed by atoms with van der Waals surface area (Å²) in [6.45, 7) is 5.55. The molecule has 114 valence electrons. The fourth-order valence-corrected chi connectivity index (χ4v) is 3.41. The largest absolute Gasteiger partial charge is 0.484 e. The number of aryl methyl sites for hydroxylation is 1. The highest BCUT2D eigenvalue weighted by Crippen LogP contribution is 2.46. The minimum absolute atomic E-state index is 0.651. The first-order valence-electron chi connectivity index (χ1n) is 7.49. The summed E-state index contributed by atoms with van der Waals surface area (Å²) in [4.78, 5) is 3.36. The van der Waals surface area contributed by atoms with Crippen molar-refractivity contribution in [3.8, 4) is 5.75 Å². The average Bonchev–Trinajstić information content (AvgIpc) is 2.83. The fourth-order valence-electron chi connectivity index (χ4n) is 3.41. The van der Waals surface area contributed by atoms with E-state index in [-0.39, 0.29) is 0 Å². The molecule has 4 rings (SSSR count). The van der Waals surface area contributed by atoms with Crippen LogP contribution in [0.5, 0.6) is 5.75 Å². The predicted molar refractivity (Wildman–Crippen MR) is 86.2 cm³/mol. The second-order valence-corrected chi connectivity index (χ2v) is 6.62. The van der Waals surface area contributed by atoms with Gasteiger partial charge in [-0.15, -0.1) is 0 Å². The molecule has 22 heavy (non-hydrogen) atoms. The first-order valence-corrected chi connectivity index (χ1v) is 7.49. The van der Waals surface area contributed by atoms with Gasteiger partial charge >= 0.3 is 0 Å². The number of aromatic nitrogens is 1. The zero-order chi connectivity index (χ0) is 15.6. The SMILES string of the molecule is Cc1cc2c([nH]c3ccccc32)c2c1OC(C)(C)[C@H](O)[C@@H]2O. The maximum absolute atomic E-state index is 10.7. The van der Waals surface area contributed by atoms with Crippen LogP contribution < -0.4 is 4.74 Å². The zero-order valence-corrected chi connectivity index (χ0v) is 12.8. The van der Waals surface area contributed by atoms with Crippen LogP contribution in [-0.2, 0) is 0 Å². The van der Waals surface area contributed by atoms with E-state index in [4.69, 9.17) is 4.74 Å². The number of rotatable bonds is 0. The lowest BCUT2D eigenvalue weighted by Gasteiger charge is -2.40. The van der Waals surface area contributed by atoms with Crippen molar-refractivity contribution in [3.05, 3.63) is 41.5 Å². The van der Waals surface area contributed by atoms with Crippen molar-refractivity contribution < 1.29 is 14.9 Å². The molecule has 0 unspecified atom stereocenters.